The number of nitrogens with one attached hydrogen (secondary N) is 1. The van der Waals surface area contributed by atoms with E-state index in [-0.39, 0.29) is 12.4 Å². The molecule has 0 aromatic heterocycles. The first-order valence-corrected chi connectivity index (χ1v) is 15.1. The van der Waals surface area contributed by atoms with Gasteiger partial charge in [-0.25, -0.2) is 0 Å². The van der Waals surface area contributed by atoms with Crippen molar-refractivity contribution in [2.45, 2.75) is 135 Å². The average molecular weight is 482 g/mol. The highest BCUT2D eigenvalue weighted by molar-refractivity contribution is 7.86. The van der Waals surface area contributed by atoms with E-state index in [2.05, 4.69) is 12.2 Å². The van der Waals surface area contributed by atoms with E-state index < -0.39 is 10.1 Å². The van der Waals surface area contributed by atoms with E-state index in [1.165, 1.54) is 64.2 Å². The molecule has 0 spiro atoms. The lowest BCUT2D eigenvalue weighted by atomic mass is 10.1. The molecular weight excluding hydrogens is 425 g/mol. The van der Waals surface area contributed by atoms with E-state index >= 15 is 0 Å². The molecule has 0 unspecified atom stereocenters. The number of hydrogen-bond donors (Lipinski definition) is 1. The van der Waals surface area contributed by atoms with Gasteiger partial charge in [-0.2, -0.15) is 8.42 Å². The van der Waals surface area contributed by atoms with Crippen molar-refractivity contribution in [3.8, 4) is 0 Å². The Balaban J connectivity index is 0. The second-order valence-corrected chi connectivity index (χ2v) is 10.7. The number of unbranched alkanes of at least 4 members (excludes halogenated alkanes) is 18. The molecule has 0 rings (SSSR count). The zero-order valence-electron chi connectivity index (χ0n) is 21.8. The highest BCUT2D eigenvalue weighted by Crippen LogP contribution is 2.13. The Morgan fingerprint density at radius 1 is 0.594 bits per heavy atom. The fourth-order valence-corrected chi connectivity index (χ4v) is 4.67. The Labute approximate surface area is 201 Å². The van der Waals surface area contributed by atoms with Crippen LogP contribution in [0.1, 0.15) is 135 Å². The molecule has 0 fully saturated rings. The van der Waals surface area contributed by atoms with Gasteiger partial charge in [0.25, 0.3) is 10.1 Å². The van der Waals surface area contributed by atoms with Crippen LogP contribution in [0.4, 0.5) is 4.39 Å². The summed E-state index contributed by atoms with van der Waals surface area (Å²) in [6.07, 6.45) is 22.9. The van der Waals surface area contributed by atoms with Gasteiger partial charge >= 0.3 is 0 Å². The van der Waals surface area contributed by atoms with E-state index in [1.807, 2.05) is 14.1 Å². The third kappa shape index (κ3) is 32.0. The zero-order chi connectivity index (χ0) is 24.2. The Bertz CT molecular complexity index is 433. The lowest BCUT2D eigenvalue weighted by Crippen LogP contribution is -2.11. The quantitative estimate of drug-likeness (QED) is 0.112. The van der Waals surface area contributed by atoms with E-state index in [9.17, 15) is 12.8 Å². The predicted molar refractivity (Wildman–Crippen MR) is 139 cm³/mol. The molecule has 0 atom stereocenters. The second kappa shape index (κ2) is 28.8. The first-order valence-electron chi connectivity index (χ1n) is 13.6. The van der Waals surface area contributed by atoms with Gasteiger partial charge < -0.3 is 5.32 Å². The van der Waals surface area contributed by atoms with Gasteiger partial charge in [-0.1, -0.05) is 116 Å². The van der Waals surface area contributed by atoms with Crippen molar-refractivity contribution in [3.05, 3.63) is 0 Å². The van der Waals surface area contributed by atoms with Crippen LogP contribution in [-0.2, 0) is 14.3 Å². The minimum Gasteiger partial charge on any atom is -0.323 e. The second-order valence-electron chi connectivity index (χ2n) is 8.99. The van der Waals surface area contributed by atoms with Crippen LogP contribution >= 0.6 is 0 Å². The van der Waals surface area contributed by atoms with Gasteiger partial charge in [-0.05, 0) is 33.4 Å². The predicted octanol–water partition coefficient (Wildman–Crippen LogP) is 7.96. The van der Waals surface area contributed by atoms with Crippen molar-refractivity contribution in [2.24, 2.45) is 0 Å². The van der Waals surface area contributed by atoms with Gasteiger partial charge in [-0.3, -0.25) is 8.57 Å². The molecule has 32 heavy (non-hydrogen) atoms. The summed E-state index contributed by atoms with van der Waals surface area (Å²) in [5.74, 6) is 0.146. The van der Waals surface area contributed by atoms with Crippen LogP contribution in [0, 0.1) is 0 Å². The van der Waals surface area contributed by atoms with Crippen LogP contribution in [0.15, 0.2) is 0 Å². The van der Waals surface area contributed by atoms with Crippen molar-refractivity contribution in [3.63, 3.8) is 0 Å². The van der Waals surface area contributed by atoms with E-state index in [1.54, 1.807) is 0 Å². The summed E-state index contributed by atoms with van der Waals surface area (Å²) >= 11 is 0. The number of alkyl halides is 1. The maximum Gasteiger partial charge on any atom is 0.267 e. The molecule has 0 aliphatic carbocycles. The van der Waals surface area contributed by atoms with Crippen LogP contribution in [0.2, 0.25) is 0 Å². The van der Waals surface area contributed by atoms with Crippen LogP contribution < -0.4 is 5.32 Å². The van der Waals surface area contributed by atoms with Gasteiger partial charge in [0.1, 0.15) is 0 Å². The molecule has 196 valence electrons. The summed E-state index contributed by atoms with van der Waals surface area (Å²) < 4.78 is 40.9. The first-order chi connectivity index (χ1) is 15.5. The standard InChI is InChI=1S/C24H49FO3S.C2H7N/c1-2-3-4-5-6-7-8-9-11-14-17-20-23-28-29(26,27)24-21-18-15-12-10-13-16-19-22-25;1-3-2/h2-24H2,1H3;3H,1-2H3. The minimum absolute atomic E-state index is 0.146. The molecule has 0 saturated heterocycles. The summed E-state index contributed by atoms with van der Waals surface area (Å²) in [5.41, 5.74) is 0. The Kier molecular flexibility index (Phi) is 30.6. The van der Waals surface area contributed by atoms with Crippen molar-refractivity contribution in [1.82, 2.24) is 5.32 Å². The molecule has 4 nitrogen and oxygen atoms in total. The van der Waals surface area contributed by atoms with Gasteiger partial charge in [0.15, 0.2) is 0 Å². The van der Waals surface area contributed by atoms with E-state index in [4.69, 9.17) is 4.18 Å². The maximum absolute atomic E-state index is 12.0. The molecular formula is C26H56FNO3S. The summed E-state index contributed by atoms with van der Waals surface area (Å²) in [6, 6.07) is 0. The Morgan fingerprint density at radius 3 is 1.34 bits per heavy atom. The Hall–Kier alpha value is -0.200. The molecule has 0 aromatic carbocycles. The molecule has 0 bridgehead atoms. The molecule has 0 aliphatic rings. The summed E-state index contributed by atoms with van der Waals surface area (Å²) in [5, 5.41) is 2.75. The van der Waals surface area contributed by atoms with Crippen LogP contribution in [-0.4, -0.2) is 41.5 Å². The molecule has 0 saturated carbocycles. The number of halogens is 1. The molecule has 0 aromatic rings. The van der Waals surface area contributed by atoms with Crippen molar-refractivity contribution >= 4 is 10.1 Å². The number of rotatable bonds is 24. The fraction of sp³-hybridized carbons (Fsp3) is 1.00. The van der Waals surface area contributed by atoms with Gasteiger partial charge in [0, 0.05) is 0 Å². The van der Waals surface area contributed by atoms with Crippen molar-refractivity contribution < 1.29 is 17.0 Å². The van der Waals surface area contributed by atoms with Crippen molar-refractivity contribution in [2.75, 3.05) is 33.1 Å². The van der Waals surface area contributed by atoms with Gasteiger partial charge in [0.05, 0.1) is 19.0 Å². The van der Waals surface area contributed by atoms with Crippen LogP contribution in [0.3, 0.4) is 0 Å². The fourth-order valence-electron chi connectivity index (χ4n) is 3.62. The topological polar surface area (TPSA) is 55.4 Å². The Morgan fingerprint density at radius 2 is 0.938 bits per heavy atom. The largest absolute Gasteiger partial charge is 0.323 e. The van der Waals surface area contributed by atoms with E-state index in [0.717, 1.165) is 51.4 Å². The van der Waals surface area contributed by atoms with Gasteiger partial charge in [-0.15, -0.1) is 0 Å². The average Bonchev–Trinajstić information content (AvgIpc) is 2.76. The van der Waals surface area contributed by atoms with Crippen LogP contribution in [0.5, 0.6) is 0 Å². The maximum atomic E-state index is 12.0. The lowest BCUT2D eigenvalue weighted by molar-refractivity contribution is 0.305. The highest BCUT2D eigenvalue weighted by atomic mass is 32.2. The molecule has 0 aliphatic heterocycles. The molecule has 6 heteroatoms. The summed E-state index contributed by atoms with van der Waals surface area (Å²) in [7, 11) is 0.407. The number of hydrogen-bond acceptors (Lipinski definition) is 4. The zero-order valence-corrected chi connectivity index (χ0v) is 22.6. The highest BCUT2D eigenvalue weighted by Gasteiger charge is 2.10. The molecule has 0 heterocycles. The van der Waals surface area contributed by atoms with Crippen LogP contribution in [0.25, 0.3) is 0 Å². The monoisotopic (exact) mass is 481 g/mol. The normalized spacial score (nSPS) is 11.4. The van der Waals surface area contributed by atoms with E-state index in [0.29, 0.717) is 19.4 Å². The molecule has 1 N–H and O–H groups in total. The van der Waals surface area contributed by atoms with Crippen molar-refractivity contribution in [1.29, 1.82) is 0 Å². The third-order valence-electron chi connectivity index (χ3n) is 5.54. The summed E-state index contributed by atoms with van der Waals surface area (Å²) in [6.45, 7) is 2.38. The lowest BCUT2D eigenvalue weighted by Gasteiger charge is -2.06. The SMILES string of the molecule is CCCCCCCCCCCCCCOS(=O)(=O)CCCCCCCCCCF.CNC. The summed E-state index contributed by atoms with van der Waals surface area (Å²) in [4.78, 5) is 0. The molecule has 0 amide bonds. The minimum atomic E-state index is -3.34. The van der Waals surface area contributed by atoms with Gasteiger partial charge in [0.2, 0.25) is 0 Å². The molecule has 0 radical (unpaired) electrons. The third-order valence-corrected chi connectivity index (χ3v) is 6.85. The smallest absolute Gasteiger partial charge is 0.267 e. The first kappa shape index (κ1) is 34.0.